The van der Waals surface area contributed by atoms with E-state index in [1.54, 1.807) is 16.6 Å². The minimum absolute atomic E-state index is 0.305. The van der Waals surface area contributed by atoms with Gasteiger partial charge in [-0.3, -0.25) is 0 Å². The quantitative estimate of drug-likeness (QED) is 0.519. The highest BCUT2D eigenvalue weighted by atomic mass is 32.2. The molecule has 9 heteroatoms. The van der Waals surface area contributed by atoms with Crippen molar-refractivity contribution in [1.29, 1.82) is 0 Å². The molecule has 0 spiro atoms. The Hall–Kier alpha value is -2.81. The summed E-state index contributed by atoms with van der Waals surface area (Å²) in [5.74, 6) is 1.57. The Morgan fingerprint density at radius 1 is 1.12 bits per heavy atom. The normalized spacial score (nSPS) is 11.3. The summed E-state index contributed by atoms with van der Waals surface area (Å²) < 4.78 is 19.9. The lowest BCUT2D eigenvalue weighted by molar-refractivity contribution is 0.391. The van der Waals surface area contributed by atoms with E-state index in [0.717, 1.165) is 11.4 Å². The fourth-order valence-electron chi connectivity index (χ4n) is 2.37. The maximum Gasteiger partial charge on any atom is 0.253 e. The first-order chi connectivity index (χ1) is 12.1. The largest absolute Gasteiger partial charge is 0.338 e. The van der Waals surface area contributed by atoms with Crippen molar-refractivity contribution in [1.82, 2.24) is 29.7 Å². The molecule has 0 aliphatic carbocycles. The number of hydrogen-bond acceptors (Lipinski definition) is 7. The predicted molar refractivity (Wildman–Crippen MR) is 89.5 cm³/mol. The fraction of sp³-hybridized carbons (Fsp3) is 0.188. The summed E-state index contributed by atoms with van der Waals surface area (Å²) in [6.07, 6.45) is 0. The van der Waals surface area contributed by atoms with Gasteiger partial charge in [0.25, 0.3) is 5.78 Å². The van der Waals surface area contributed by atoms with Gasteiger partial charge in [-0.2, -0.15) is 9.97 Å². The highest BCUT2D eigenvalue weighted by molar-refractivity contribution is 7.98. The SMILES string of the molecule is Cc1cc(C)n2nc(SCc3nc(-c4ccc(F)cc4)no3)nc2n1. The Morgan fingerprint density at radius 2 is 1.92 bits per heavy atom. The van der Waals surface area contributed by atoms with Crippen LogP contribution in [0.5, 0.6) is 0 Å². The van der Waals surface area contributed by atoms with E-state index in [0.29, 0.717) is 34.0 Å². The third-order valence-corrected chi connectivity index (χ3v) is 4.32. The van der Waals surface area contributed by atoms with Gasteiger partial charge in [0.2, 0.25) is 16.9 Å². The average molecular weight is 356 g/mol. The topological polar surface area (TPSA) is 82.0 Å². The van der Waals surface area contributed by atoms with Crippen LogP contribution in [0.2, 0.25) is 0 Å². The van der Waals surface area contributed by atoms with Crippen LogP contribution in [0, 0.1) is 19.7 Å². The van der Waals surface area contributed by atoms with Gasteiger partial charge in [0.1, 0.15) is 5.82 Å². The molecule has 3 heterocycles. The highest BCUT2D eigenvalue weighted by Crippen LogP contribution is 2.22. The van der Waals surface area contributed by atoms with Crippen LogP contribution in [-0.2, 0) is 5.75 Å². The molecule has 0 saturated carbocycles. The van der Waals surface area contributed by atoms with E-state index in [4.69, 9.17) is 4.52 Å². The number of halogens is 1. The van der Waals surface area contributed by atoms with E-state index >= 15 is 0 Å². The summed E-state index contributed by atoms with van der Waals surface area (Å²) in [6, 6.07) is 7.88. The zero-order valence-electron chi connectivity index (χ0n) is 13.5. The molecule has 0 unspecified atom stereocenters. The van der Waals surface area contributed by atoms with Gasteiger partial charge in [0.15, 0.2) is 0 Å². The molecule has 0 radical (unpaired) electrons. The van der Waals surface area contributed by atoms with E-state index in [2.05, 4.69) is 25.2 Å². The molecule has 126 valence electrons. The summed E-state index contributed by atoms with van der Waals surface area (Å²) in [5, 5.41) is 8.92. The van der Waals surface area contributed by atoms with Gasteiger partial charge < -0.3 is 4.52 Å². The molecule has 3 aromatic heterocycles. The lowest BCUT2D eigenvalue weighted by Gasteiger charge is -1.97. The van der Waals surface area contributed by atoms with Gasteiger partial charge in [-0.25, -0.2) is 13.9 Å². The first-order valence-corrected chi connectivity index (χ1v) is 8.49. The van der Waals surface area contributed by atoms with Crippen LogP contribution in [0.25, 0.3) is 17.2 Å². The summed E-state index contributed by atoms with van der Waals surface area (Å²) >= 11 is 1.39. The van der Waals surface area contributed by atoms with E-state index in [1.165, 1.54) is 23.9 Å². The molecule has 4 rings (SSSR count). The van der Waals surface area contributed by atoms with Crippen LogP contribution in [-0.4, -0.2) is 29.7 Å². The van der Waals surface area contributed by atoms with Crippen molar-refractivity contribution in [3.05, 3.63) is 53.4 Å². The number of nitrogens with zero attached hydrogens (tertiary/aromatic N) is 6. The minimum Gasteiger partial charge on any atom is -0.338 e. The van der Waals surface area contributed by atoms with Crippen LogP contribution in [0.3, 0.4) is 0 Å². The van der Waals surface area contributed by atoms with Crippen molar-refractivity contribution in [2.45, 2.75) is 24.8 Å². The number of aromatic nitrogens is 6. The average Bonchev–Trinajstić information content (AvgIpc) is 3.20. The summed E-state index contributed by atoms with van der Waals surface area (Å²) in [5.41, 5.74) is 2.57. The monoisotopic (exact) mass is 356 g/mol. The molecule has 0 aliphatic rings. The third-order valence-electron chi connectivity index (χ3n) is 3.49. The van der Waals surface area contributed by atoms with Gasteiger partial charge >= 0.3 is 0 Å². The van der Waals surface area contributed by atoms with Crippen molar-refractivity contribution >= 4 is 17.5 Å². The van der Waals surface area contributed by atoms with Crippen LogP contribution < -0.4 is 0 Å². The highest BCUT2D eigenvalue weighted by Gasteiger charge is 2.12. The first kappa shape index (κ1) is 15.7. The molecule has 7 nitrogen and oxygen atoms in total. The lowest BCUT2D eigenvalue weighted by Crippen LogP contribution is -1.97. The number of benzene rings is 1. The molecule has 1 aromatic carbocycles. The van der Waals surface area contributed by atoms with Crippen LogP contribution in [0.4, 0.5) is 4.39 Å². The molecule has 0 amide bonds. The van der Waals surface area contributed by atoms with Gasteiger partial charge in [-0.05, 0) is 44.2 Å². The maximum atomic E-state index is 13.0. The number of fused-ring (bicyclic) bond motifs is 1. The zero-order chi connectivity index (χ0) is 17.4. The van der Waals surface area contributed by atoms with Crippen molar-refractivity contribution < 1.29 is 8.91 Å². The summed E-state index contributed by atoms with van der Waals surface area (Å²) in [7, 11) is 0. The summed E-state index contributed by atoms with van der Waals surface area (Å²) in [4.78, 5) is 13.1. The van der Waals surface area contributed by atoms with Gasteiger partial charge in [-0.15, -0.1) is 5.10 Å². The van der Waals surface area contributed by atoms with Crippen molar-refractivity contribution in [3.63, 3.8) is 0 Å². The molecule has 25 heavy (non-hydrogen) atoms. The van der Waals surface area contributed by atoms with Crippen LogP contribution in [0.15, 0.2) is 40.0 Å². The Balaban J connectivity index is 1.50. The second-order valence-corrected chi connectivity index (χ2v) is 6.39. The number of aryl methyl sites for hydroxylation is 2. The predicted octanol–water partition coefficient (Wildman–Crippen LogP) is 3.22. The second-order valence-electron chi connectivity index (χ2n) is 5.45. The molecule has 0 fully saturated rings. The third kappa shape index (κ3) is 3.22. The number of thioether (sulfide) groups is 1. The van der Waals surface area contributed by atoms with E-state index in [9.17, 15) is 4.39 Å². The molecule has 0 aliphatic heterocycles. The second kappa shape index (κ2) is 6.25. The molecular weight excluding hydrogens is 343 g/mol. The Kier molecular flexibility index (Phi) is 3.92. The maximum absolute atomic E-state index is 13.0. The van der Waals surface area contributed by atoms with Crippen molar-refractivity contribution in [2.24, 2.45) is 0 Å². The molecule has 0 atom stereocenters. The fourth-order valence-corrected chi connectivity index (χ4v) is 3.02. The summed E-state index contributed by atoms with van der Waals surface area (Å²) in [6.45, 7) is 3.88. The molecule has 4 aromatic rings. The molecule has 0 saturated heterocycles. The van der Waals surface area contributed by atoms with E-state index in [-0.39, 0.29) is 5.82 Å². The zero-order valence-corrected chi connectivity index (χ0v) is 14.3. The van der Waals surface area contributed by atoms with Crippen molar-refractivity contribution in [2.75, 3.05) is 0 Å². The smallest absolute Gasteiger partial charge is 0.253 e. The van der Waals surface area contributed by atoms with Crippen molar-refractivity contribution in [3.8, 4) is 11.4 Å². The van der Waals surface area contributed by atoms with Crippen LogP contribution >= 0.6 is 11.8 Å². The van der Waals surface area contributed by atoms with Gasteiger partial charge in [0, 0.05) is 17.0 Å². The number of hydrogen-bond donors (Lipinski definition) is 0. The van der Waals surface area contributed by atoms with E-state index < -0.39 is 0 Å². The Morgan fingerprint density at radius 3 is 2.72 bits per heavy atom. The van der Waals surface area contributed by atoms with Gasteiger partial charge in [0.05, 0.1) is 5.75 Å². The lowest BCUT2D eigenvalue weighted by atomic mass is 10.2. The number of rotatable bonds is 4. The van der Waals surface area contributed by atoms with E-state index in [1.807, 2.05) is 19.9 Å². The molecule has 0 N–H and O–H groups in total. The standard InChI is InChI=1S/C16H13FN6OS/c1-9-7-10(2)23-15(18-9)20-16(21-23)25-8-13-19-14(22-24-13)11-3-5-12(17)6-4-11/h3-7H,8H2,1-2H3. The minimum atomic E-state index is -0.305. The Labute approximate surface area is 146 Å². The molecular formula is C16H13FN6OS. The van der Waals surface area contributed by atoms with Crippen LogP contribution in [0.1, 0.15) is 17.3 Å². The Bertz CT molecular complexity index is 1040. The molecule has 0 bridgehead atoms. The first-order valence-electron chi connectivity index (χ1n) is 7.51. The van der Waals surface area contributed by atoms with Gasteiger partial charge in [-0.1, -0.05) is 16.9 Å².